The van der Waals surface area contributed by atoms with E-state index < -0.39 is 32.5 Å². The lowest BCUT2D eigenvalue weighted by Crippen LogP contribution is -2.14. The molecule has 0 aliphatic heterocycles. The summed E-state index contributed by atoms with van der Waals surface area (Å²) in [6.45, 7) is 0. The Bertz CT molecular complexity index is 895. The first-order valence-corrected chi connectivity index (χ1v) is 8.73. The van der Waals surface area contributed by atoms with Crippen molar-refractivity contribution in [2.75, 3.05) is 11.6 Å². The summed E-state index contributed by atoms with van der Waals surface area (Å²) in [6.07, 6.45) is -3.67. The van der Waals surface area contributed by atoms with Gasteiger partial charge in [0.15, 0.2) is 9.84 Å². The molecule has 0 aromatic heterocycles. The molecule has 0 atom stereocenters. The number of anilines is 1. The molecular weight excluding hydrogens is 367 g/mol. The average molecular weight is 378 g/mol. The average Bonchev–Trinajstić information content (AvgIpc) is 2.47. The zero-order chi connectivity index (χ0) is 18.1. The Balaban J connectivity index is 2.31. The smallest absolute Gasteiger partial charge is 0.322 e. The van der Waals surface area contributed by atoms with Gasteiger partial charge in [0.05, 0.1) is 15.5 Å². The Morgan fingerprint density at radius 2 is 1.79 bits per heavy atom. The molecular formula is C15H11ClF3NO3S. The molecule has 1 amide bonds. The van der Waals surface area contributed by atoms with E-state index in [2.05, 4.69) is 5.32 Å². The maximum atomic E-state index is 12.8. The molecule has 0 spiro atoms. The molecule has 0 heterocycles. The number of rotatable bonds is 3. The van der Waals surface area contributed by atoms with E-state index in [0.717, 1.165) is 18.4 Å². The monoisotopic (exact) mass is 377 g/mol. The van der Waals surface area contributed by atoms with E-state index in [1.807, 2.05) is 0 Å². The number of carbonyl (C=O) groups is 1. The second-order valence-electron chi connectivity index (χ2n) is 4.95. The number of hydrogen-bond donors (Lipinski definition) is 1. The van der Waals surface area contributed by atoms with E-state index in [9.17, 15) is 26.4 Å². The van der Waals surface area contributed by atoms with Crippen LogP contribution in [0.2, 0.25) is 5.02 Å². The summed E-state index contributed by atoms with van der Waals surface area (Å²) in [5.74, 6) is -0.740. The minimum atomic E-state index is -4.66. The number of carbonyl (C=O) groups excluding carboxylic acids is 1. The highest BCUT2D eigenvalue weighted by Gasteiger charge is 2.33. The summed E-state index contributed by atoms with van der Waals surface area (Å²) in [7, 11) is -3.51. The molecule has 0 radical (unpaired) electrons. The molecule has 0 aliphatic rings. The minimum absolute atomic E-state index is 0.00133. The van der Waals surface area contributed by atoms with E-state index in [1.165, 1.54) is 24.3 Å². The number of nitrogens with one attached hydrogen (secondary N) is 1. The highest BCUT2D eigenvalue weighted by molar-refractivity contribution is 7.90. The molecule has 128 valence electrons. The number of hydrogen-bond acceptors (Lipinski definition) is 3. The fourth-order valence-electron chi connectivity index (χ4n) is 1.89. The van der Waals surface area contributed by atoms with Gasteiger partial charge in [-0.15, -0.1) is 0 Å². The zero-order valence-electron chi connectivity index (χ0n) is 12.2. The molecule has 0 fully saturated rings. The maximum absolute atomic E-state index is 12.8. The molecule has 2 aromatic carbocycles. The van der Waals surface area contributed by atoms with E-state index >= 15 is 0 Å². The van der Waals surface area contributed by atoms with Crippen LogP contribution in [-0.4, -0.2) is 20.6 Å². The van der Waals surface area contributed by atoms with Crippen LogP contribution in [0.5, 0.6) is 0 Å². The van der Waals surface area contributed by atoms with Crippen molar-refractivity contribution >= 4 is 33.0 Å². The van der Waals surface area contributed by atoms with Crippen molar-refractivity contribution in [3.05, 3.63) is 58.6 Å². The van der Waals surface area contributed by atoms with Crippen LogP contribution < -0.4 is 5.32 Å². The summed E-state index contributed by atoms with van der Waals surface area (Å²) < 4.78 is 61.4. The van der Waals surface area contributed by atoms with Crippen LogP contribution in [0, 0.1) is 0 Å². The molecule has 2 rings (SSSR count). The minimum Gasteiger partial charge on any atom is -0.322 e. The second kappa shape index (κ2) is 6.45. The molecule has 0 unspecified atom stereocenters. The van der Waals surface area contributed by atoms with Crippen molar-refractivity contribution in [1.29, 1.82) is 0 Å². The van der Waals surface area contributed by atoms with E-state index in [4.69, 9.17) is 11.6 Å². The van der Waals surface area contributed by atoms with Crippen molar-refractivity contribution in [3.63, 3.8) is 0 Å². The molecule has 24 heavy (non-hydrogen) atoms. The summed E-state index contributed by atoms with van der Waals surface area (Å²) in [4.78, 5) is 12.1. The summed E-state index contributed by atoms with van der Waals surface area (Å²) in [5, 5.41) is 1.80. The Labute approximate surface area is 141 Å². The van der Waals surface area contributed by atoms with Gasteiger partial charge in [0.25, 0.3) is 5.91 Å². The van der Waals surface area contributed by atoms with Crippen molar-refractivity contribution < 1.29 is 26.4 Å². The highest BCUT2D eigenvalue weighted by Crippen LogP contribution is 2.36. The molecule has 9 heteroatoms. The SMILES string of the molecule is CS(=O)(=O)c1cccc(C(=O)Nc2ccc(Cl)c(C(F)(F)F)c2)c1. The lowest BCUT2D eigenvalue weighted by molar-refractivity contribution is -0.137. The lowest BCUT2D eigenvalue weighted by atomic mass is 10.1. The van der Waals surface area contributed by atoms with Crippen LogP contribution >= 0.6 is 11.6 Å². The van der Waals surface area contributed by atoms with Gasteiger partial charge in [0.2, 0.25) is 0 Å². The maximum Gasteiger partial charge on any atom is 0.417 e. The van der Waals surface area contributed by atoms with Gasteiger partial charge in [-0.05, 0) is 36.4 Å². The number of sulfone groups is 1. The highest BCUT2D eigenvalue weighted by atomic mass is 35.5. The Kier molecular flexibility index (Phi) is 4.91. The summed E-state index contributed by atoms with van der Waals surface area (Å²) in [6, 6.07) is 8.13. The van der Waals surface area contributed by atoms with Crippen molar-refractivity contribution in [1.82, 2.24) is 0 Å². The first kappa shape index (κ1) is 18.3. The number of halogens is 4. The van der Waals surface area contributed by atoms with E-state index in [0.29, 0.717) is 6.07 Å². The number of amides is 1. The topological polar surface area (TPSA) is 63.2 Å². The van der Waals surface area contributed by atoms with Gasteiger partial charge in [-0.2, -0.15) is 13.2 Å². The third-order valence-electron chi connectivity index (χ3n) is 3.05. The molecule has 0 bridgehead atoms. The van der Waals surface area contributed by atoms with Crippen LogP contribution in [0.4, 0.5) is 18.9 Å². The first-order chi connectivity index (χ1) is 11.0. The fraction of sp³-hybridized carbons (Fsp3) is 0.133. The summed E-state index contributed by atoms with van der Waals surface area (Å²) >= 11 is 5.51. The largest absolute Gasteiger partial charge is 0.417 e. The Morgan fingerprint density at radius 1 is 1.12 bits per heavy atom. The van der Waals surface area contributed by atoms with Gasteiger partial charge in [0.1, 0.15) is 0 Å². The number of alkyl halides is 3. The van der Waals surface area contributed by atoms with Crippen LogP contribution in [0.15, 0.2) is 47.4 Å². The molecule has 1 N–H and O–H groups in total. The Morgan fingerprint density at radius 3 is 2.38 bits per heavy atom. The van der Waals surface area contributed by atoms with Gasteiger partial charge in [0, 0.05) is 17.5 Å². The molecule has 0 saturated carbocycles. The normalized spacial score (nSPS) is 12.0. The third-order valence-corrected chi connectivity index (χ3v) is 4.49. The standard InChI is InChI=1S/C15H11ClF3NO3S/c1-24(22,23)11-4-2-3-9(7-11)14(21)20-10-5-6-13(16)12(8-10)15(17,18)19/h2-8H,1H3,(H,20,21). The molecule has 0 saturated heterocycles. The van der Waals surface area contributed by atoms with E-state index in [1.54, 1.807) is 0 Å². The molecule has 2 aromatic rings. The van der Waals surface area contributed by atoms with Gasteiger partial charge in [-0.3, -0.25) is 4.79 Å². The predicted octanol–water partition coefficient (Wildman–Crippen LogP) is 4.01. The van der Waals surface area contributed by atoms with Crippen LogP contribution in [0.3, 0.4) is 0 Å². The summed E-state index contributed by atoms with van der Waals surface area (Å²) in [5.41, 5.74) is -1.19. The van der Waals surface area contributed by atoms with Gasteiger partial charge in [-0.1, -0.05) is 17.7 Å². The van der Waals surface area contributed by atoms with Crippen molar-refractivity contribution in [2.45, 2.75) is 11.1 Å². The predicted molar refractivity (Wildman–Crippen MR) is 84.0 cm³/mol. The number of benzene rings is 2. The van der Waals surface area contributed by atoms with Crippen molar-refractivity contribution in [2.24, 2.45) is 0 Å². The van der Waals surface area contributed by atoms with Gasteiger partial charge >= 0.3 is 6.18 Å². The Hall–Kier alpha value is -2.06. The van der Waals surface area contributed by atoms with E-state index in [-0.39, 0.29) is 16.1 Å². The van der Waals surface area contributed by atoms with Crippen LogP contribution in [-0.2, 0) is 16.0 Å². The first-order valence-electron chi connectivity index (χ1n) is 6.47. The second-order valence-corrected chi connectivity index (χ2v) is 7.37. The quantitative estimate of drug-likeness (QED) is 0.878. The van der Waals surface area contributed by atoms with Gasteiger partial charge in [-0.25, -0.2) is 8.42 Å². The fourth-order valence-corrected chi connectivity index (χ4v) is 2.78. The molecule has 0 aliphatic carbocycles. The van der Waals surface area contributed by atoms with Gasteiger partial charge < -0.3 is 5.32 Å². The van der Waals surface area contributed by atoms with Crippen molar-refractivity contribution in [3.8, 4) is 0 Å². The third kappa shape index (κ3) is 4.27. The molecule has 4 nitrogen and oxygen atoms in total. The zero-order valence-corrected chi connectivity index (χ0v) is 13.8. The van der Waals surface area contributed by atoms with Crippen LogP contribution in [0.1, 0.15) is 15.9 Å². The lowest BCUT2D eigenvalue weighted by Gasteiger charge is -2.12. The van der Waals surface area contributed by atoms with Crippen LogP contribution in [0.25, 0.3) is 0 Å².